The first-order valence-electron chi connectivity index (χ1n) is 30.1. The quantitative estimate of drug-likeness (QED) is 0.0550. The van der Waals surface area contributed by atoms with Gasteiger partial charge in [-0.2, -0.15) is 0 Å². The van der Waals surface area contributed by atoms with E-state index in [2.05, 4.69) is 395 Å². The third-order valence-electron chi connectivity index (χ3n) is 15.7. The van der Waals surface area contributed by atoms with Gasteiger partial charge in [-0.1, -0.05) is 146 Å². The molecule has 0 aromatic heterocycles. The van der Waals surface area contributed by atoms with Gasteiger partial charge in [-0.05, 0) is 192 Å². The van der Waals surface area contributed by atoms with E-state index in [0.29, 0.717) is 0 Å². The zero-order valence-electron chi connectivity index (χ0n) is 55.6. The van der Waals surface area contributed by atoms with Crippen molar-refractivity contribution in [2.45, 2.75) is 0 Å². The standard InChI is InChI=1S/2C38H44N4P2.2ClH.Fe/c2*1-39(2)29-13-21-33(22-14-29)43(34-23-15-30(16-24-34)40(3)4)37-11-9-10-12-38(37)44(35-25-17-31(18-26-35)41(5)6)36-27-19-32(20-28-36)42(7)8;;;/h2*9-28H,1-8H3;2*1H;/q;;;;+2/p-2. The normalized spacial score (nSPS) is 11.0. The summed E-state index contributed by atoms with van der Waals surface area (Å²) in [4.78, 5) is 17.3. The van der Waals surface area contributed by atoms with E-state index < -0.39 is 31.7 Å². The summed E-state index contributed by atoms with van der Waals surface area (Å²) >= 11 is 0.194. The van der Waals surface area contributed by atoms with Crippen molar-refractivity contribution >= 4 is 161 Å². The zero-order chi connectivity index (χ0) is 65.5. The maximum atomic E-state index is 4.76. The predicted molar refractivity (Wildman–Crippen MR) is 414 cm³/mol. The van der Waals surface area contributed by atoms with E-state index in [1.54, 1.807) is 0 Å². The van der Waals surface area contributed by atoms with E-state index >= 15 is 0 Å². The molecule has 0 aliphatic rings. The molecule has 0 heterocycles. The van der Waals surface area contributed by atoms with Gasteiger partial charge < -0.3 is 39.2 Å². The monoisotopic (exact) mass is 1360 g/mol. The van der Waals surface area contributed by atoms with E-state index in [1.165, 1.54) is 109 Å². The summed E-state index contributed by atoms with van der Waals surface area (Å²) in [6.07, 6.45) is 0. The maximum absolute atomic E-state index is 4.76. The first-order valence-corrected chi connectivity index (χ1v) is 38.5. The number of rotatable bonds is 20. The van der Waals surface area contributed by atoms with Crippen molar-refractivity contribution in [3.8, 4) is 0 Å². The Balaban J connectivity index is 0.000000225. The van der Waals surface area contributed by atoms with Crippen molar-refractivity contribution in [1.29, 1.82) is 0 Å². The van der Waals surface area contributed by atoms with Crippen LogP contribution in [-0.4, -0.2) is 113 Å². The number of nitrogens with zero attached hydrogens (tertiary/aromatic N) is 8. The van der Waals surface area contributed by atoms with Crippen molar-refractivity contribution in [2.75, 3.05) is 152 Å². The van der Waals surface area contributed by atoms with Crippen LogP contribution in [0.25, 0.3) is 0 Å². The fraction of sp³-hybridized carbons (Fsp3) is 0.211. The Morgan fingerprint density at radius 1 is 0.187 bits per heavy atom. The van der Waals surface area contributed by atoms with Gasteiger partial charge in [0.25, 0.3) is 0 Å². The minimum absolute atomic E-state index is 0.194. The SMILES string of the molecule is CN(C)c1ccc(P(c2ccc(N(C)C)cc2)c2ccccc2P(c2ccc(N(C)C)cc2)c2ccc(N(C)C)cc2)cc1.CN(C)c1ccc(P(c2ccc(N(C)C)cc2)c2ccccc2P(c2ccc(N(C)C)cc2)c2ccc(N(C)C)cc2)cc1.[Cl][Fe][Cl]. The molecule has 91 heavy (non-hydrogen) atoms. The van der Waals surface area contributed by atoms with Crippen molar-refractivity contribution in [3.63, 3.8) is 0 Å². The molecule has 0 saturated heterocycles. The van der Waals surface area contributed by atoms with Crippen LogP contribution in [0.3, 0.4) is 0 Å². The Hall–Kier alpha value is -6.58. The van der Waals surface area contributed by atoms with Gasteiger partial charge in [0, 0.05) is 158 Å². The average Bonchev–Trinajstić information content (AvgIpc) is 0.855. The molecule has 0 fully saturated rings. The molecule has 0 N–H and O–H groups in total. The van der Waals surface area contributed by atoms with E-state index in [4.69, 9.17) is 20.2 Å². The molecular formula is C76H88Cl2FeN8P4. The molecule has 10 aromatic carbocycles. The van der Waals surface area contributed by atoms with Crippen molar-refractivity contribution in [3.05, 3.63) is 243 Å². The summed E-state index contributed by atoms with van der Waals surface area (Å²) in [6.45, 7) is 0. The molecule has 0 bridgehead atoms. The molecule has 10 aromatic rings. The third kappa shape index (κ3) is 18.0. The Morgan fingerprint density at radius 3 is 0.374 bits per heavy atom. The molecular weight excluding hydrogens is 1280 g/mol. The van der Waals surface area contributed by atoms with Gasteiger partial charge in [-0.3, -0.25) is 0 Å². The van der Waals surface area contributed by atoms with Gasteiger partial charge in [0.05, 0.1) is 0 Å². The first-order chi connectivity index (χ1) is 43.7. The summed E-state index contributed by atoms with van der Waals surface area (Å²) in [5.41, 5.74) is 9.70. The van der Waals surface area contributed by atoms with Crippen molar-refractivity contribution in [2.24, 2.45) is 0 Å². The molecule has 0 radical (unpaired) electrons. The summed E-state index contributed by atoms with van der Waals surface area (Å²) in [6, 6.07) is 91.7. The van der Waals surface area contributed by atoms with Crippen LogP contribution in [0.1, 0.15) is 0 Å². The van der Waals surface area contributed by atoms with E-state index in [9.17, 15) is 0 Å². The van der Waals surface area contributed by atoms with Gasteiger partial charge in [0.1, 0.15) is 0 Å². The molecule has 474 valence electrons. The van der Waals surface area contributed by atoms with Crippen LogP contribution in [0, 0.1) is 0 Å². The van der Waals surface area contributed by atoms with Crippen molar-refractivity contribution in [1.82, 2.24) is 0 Å². The van der Waals surface area contributed by atoms with Crippen LogP contribution >= 0.6 is 51.9 Å². The van der Waals surface area contributed by atoms with Crippen LogP contribution in [-0.2, 0) is 13.1 Å². The average molecular weight is 1360 g/mol. The summed E-state index contributed by atoms with van der Waals surface area (Å²) in [5.74, 6) is 0. The predicted octanol–water partition coefficient (Wildman–Crippen LogP) is 12.3. The second-order valence-electron chi connectivity index (χ2n) is 23.7. The number of benzene rings is 10. The summed E-state index contributed by atoms with van der Waals surface area (Å²) < 4.78 is 0. The molecule has 0 saturated carbocycles. The Kier molecular flexibility index (Phi) is 25.7. The Morgan fingerprint density at radius 2 is 0.286 bits per heavy atom. The number of anilines is 8. The number of hydrogen-bond donors (Lipinski definition) is 0. The molecule has 0 spiro atoms. The van der Waals surface area contributed by atoms with Gasteiger partial charge >= 0.3 is 33.3 Å². The van der Waals surface area contributed by atoms with E-state index in [1.807, 2.05) is 0 Å². The first kappa shape index (κ1) is 70.3. The summed E-state index contributed by atoms with van der Waals surface area (Å²) in [7, 11) is 39.9. The molecule has 0 atom stereocenters. The molecule has 0 unspecified atom stereocenters. The van der Waals surface area contributed by atoms with Gasteiger partial charge in [0.15, 0.2) is 0 Å². The fourth-order valence-corrected chi connectivity index (χ4v) is 20.9. The molecule has 10 rings (SSSR count). The second-order valence-corrected chi connectivity index (χ2v) is 34.2. The van der Waals surface area contributed by atoms with Crippen LogP contribution < -0.4 is 103 Å². The fourth-order valence-electron chi connectivity index (χ4n) is 10.6. The van der Waals surface area contributed by atoms with Crippen molar-refractivity contribution < 1.29 is 13.1 Å². The molecule has 8 nitrogen and oxygen atoms in total. The Labute approximate surface area is 564 Å². The number of hydrogen-bond acceptors (Lipinski definition) is 8. The molecule has 0 amide bonds. The van der Waals surface area contributed by atoms with Crippen LogP contribution in [0.4, 0.5) is 45.5 Å². The molecule has 0 aliphatic carbocycles. The molecule has 0 aliphatic heterocycles. The number of halogens is 2. The Bertz CT molecular complexity index is 3120. The van der Waals surface area contributed by atoms with E-state index in [-0.39, 0.29) is 13.1 Å². The third-order valence-corrected chi connectivity index (χ3v) is 26.1. The summed E-state index contributed by atoms with van der Waals surface area (Å²) in [5, 5.41) is 16.5. The van der Waals surface area contributed by atoms with Crippen LogP contribution in [0.5, 0.6) is 0 Å². The molecule has 15 heteroatoms. The van der Waals surface area contributed by atoms with Gasteiger partial charge in [-0.25, -0.2) is 0 Å². The van der Waals surface area contributed by atoms with Gasteiger partial charge in [-0.15, -0.1) is 0 Å². The van der Waals surface area contributed by atoms with Crippen LogP contribution in [0.2, 0.25) is 0 Å². The minimum atomic E-state index is -0.814. The van der Waals surface area contributed by atoms with E-state index in [0.717, 1.165) is 0 Å². The van der Waals surface area contributed by atoms with Crippen LogP contribution in [0.15, 0.2) is 243 Å². The second kappa shape index (κ2) is 33.3. The van der Waals surface area contributed by atoms with Gasteiger partial charge in [0.2, 0.25) is 0 Å². The topological polar surface area (TPSA) is 25.9 Å². The zero-order valence-corrected chi connectivity index (χ0v) is 61.8.